The molecule has 0 unspecified atom stereocenters. The van der Waals surface area contributed by atoms with Crippen molar-refractivity contribution in [2.24, 2.45) is 7.05 Å². The van der Waals surface area contributed by atoms with E-state index in [9.17, 15) is 14.4 Å². The van der Waals surface area contributed by atoms with Gasteiger partial charge in [0.05, 0.1) is 13.2 Å². The molecule has 3 heterocycles. The lowest BCUT2D eigenvalue weighted by molar-refractivity contribution is 0.0969. The second-order valence-electron chi connectivity index (χ2n) is 7.26. The highest BCUT2D eigenvalue weighted by Gasteiger charge is 2.23. The molecule has 3 aromatic heterocycles. The van der Waals surface area contributed by atoms with E-state index in [0.717, 1.165) is 16.0 Å². The molecule has 1 aromatic carbocycles. The number of carbonyl (C=O) groups excluding carboxylic acids is 1. The van der Waals surface area contributed by atoms with Crippen LogP contribution < -0.4 is 11.2 Å². The number of benzene rings is 1. The summed E-state index contributed by atoms with van der Waals surface area (Å²) in [4.78, 5) is 43.5. The van der Waals surface area contributed by atoms with Crippen LogP contribution in [0.3, 0.4) is 0 Å². The molecular weight excluding hydrogens is 386 g/mol. The lowest BCUT2D eigenvalue weighted by Crippen LogP contribution is -2.41. The number of imidazole rings is 2. The summed E-state index contributed by atoms with van der Waals surface area (Å²) >= 11 is 0. The highest BCUT2D eigenvalue weighted by atomic mass is 16.5. The molecule has 0 saturated carbocycles. The van der Waals surface area contributed by atoms with Gasteiger partial charge in [0.2, 0.25) is 5.78 Å². The first-order chi connectivity index (χ1) is 14.4. The number of ketones is 1. The SMILES string of the molecule is COCCn1c(C)c(C)n2c3c(=O)n(CC(=O)c4ccccc4)c(=O)n(C)c3nc12. The third-order valence-corrected chi connectivity index (χ3v) is 5.55. The lowest BCUT2D eigenvalue weighted by Gasteiger charge is -2.08. The molecular formula is C21H23N5O4. The number of fused-ring (bicyclic) bond motifs is 3. The molecule has 156 valence electrons. The molecule has 30 heavy (non-hydrogen) atoms. The maximum atomic E-state index is 13.3. The second kappa shape index (κ2) is 7.42. The van der Waals surface area contributed by atoms with E-state index in [-0.39, 0.29) is 23.5 Å². The Hall–Kier alpha value is -3.46. The molecule has 4 rings (SSSR count). The van der Waals surface area contributed by atoms with Crippen LogP contribution in [0.25, 0.3) is 16.9 Å². The second-order valence-corrected chi connectivity index (χ2v) is 7.26. The van der Waals surface area contributed by atoms with Gasteiger partial charge >= 0.3 is 5.69 Å². The van der Waals surface area contributed by atoms with E-state index in [4.69, 9.17) is 4.74 Å². The molecule has 0 fully saturated rings. The van der Waals surface area contributed by atoms with Gasteiger partial charge in [-0.25, -0.2) is 4.79 Å². The molecule has 0 aliphatic carbocycles. The van der Waals surface area contributed by atoms with E-state index in [0.29, 0.717) is 24.5 Å². The normalized spacial score (nSPS) is 11.6. The quantitative estimate of drug-likeness (QED) is 0.448. The fraction of sp³-hybridized carbons (Fsp3) is 0.333. The predicted molar refractivity (Wildman–Crippen MR) is 112 cm³/mol. The van der Waals surface area contributed by atoms with Gasteiger partial charge in [0.25, 0.3) is 5.56 Å². The number of hydrogen-bond acceptors (Lipinski definition) is 5. The van der Waals surface area contributed by atoms with Crippen LogP contribution in [0.1, 0.15) is 21.7 Å². The molecule has 0 atom stereocenters. The minimum absolute atomic E-state index is 0.282. The summed E-state index contributed by atoms with van der Waals surface area (Å²) in [5, 5.41) is 0. The zero-order valence-corrected chi connectivity index (χ0v) is 17.4. The van der Waals surface area contributed by atoms with Gasteiger partial charge in [0, 0.05) is 37.7 Å². The lowest BCUT2D eigenvalue weighted by atomic mass is 10.1. The Labute approximate surface area is 171 Å². The summed E-state index contributed by atoms with van der Waals surface area (Å²) < 4.78 is 11.2. The standard InChI is InChI=1S/C21H23N5O4/c1-13-14(2)26-17-18(22-20(26)24(13)10-11-30-4)23(3)21(29)25(19(17)28)12-16(27)15-8-6-5-7-9-15/h5-9H,10-12H2,1-4H3. The van der Waals surface area contributed by atoms with Crippen molar-refractivity contribution in [3.8, 4) is 0 Å². The first-order valence-corrected chi connectivity index (χ1v) is 9.61. The average Bonchev–Trinajstić information content (AvgIpc) is 3.25. The summed E-state index contributed by atoms with van der Waals surface area (Å²) in [7, 11) is 3.18. The van der Waals surface area contributed by atoms with Crippen LogP contribution in [0, 0.1) is 13.8 Å². The Morgan fingerprint density at radius 2 is 1.77 bits per heavy atom. The topological polar surface area (TPSA) is 92.5 Å². The third-order valence-electron chi connectivity index (χ3n) is 5.55. The number of aryl methyl sites for hydroxylation is 2. The van der Waals surface area contributed by atoms with Crippen LogP contribution in [-0.2, 0) is 24.9 Å². The Bertz CT molecular complexity index is 1390. The Morgan fingerprint density at radius 1 is 1.07 bits per heavy atom. The van der Waals surface area contributed by atoms with Crippen LogP contribution in [0.5, 0.6) is 0 Å². The maximum absolute atomic E-state index is 13.3. The molecule has 4 aromatic rings. The van der Waals surface area contributed by atoms with E-state index in [2.05, 4.69) is 4.98 Å². The Balaban J connectivity index is 1.96. The number of Topliss-reactive ketones (excluding diaryl/α,β-unsaturated/α-hetero) is 1. The highest BCUT2D eigenvalue weighted by molar-refractivity contribution is 5.96. The van der Waals surface area contributed by atoms with E-state index in [1.54, 1.807) is 48.9 Å². The molecule has 0 N–H and O–H groups in total. The summed E-state index contributed by atoms with van der Waals surface area (Å²) in [6.07, 6.45) is 0. The highest BCUT2D eigenvalue weighted by Crippen LogP contribution is 2.20. The van der Waals surface area contributed by atoms with Gasteiger partial charge in [-0.15, -0.1) is 0 Å². The number of aromatic nitrogens is 5. The monoisotopic (exact) mass is 409 g/mol. The molecule has 0 aliphatic heterocycles. The molecule has 0 amide bonds. The van der Waals surface area contributed by atoms with E-state index in [1.165, 1.54) is 4.57 Å². The van der Waals surface area contributed by atoms with Crippen molar-refractivity contribution in [1.29, 1.82) is 0 Å². The van der Waals surface area contributed by atoms with Crippen molar-refractivity contribution < 1.29 is 9.53 Å². The van der Waals surface area contributed by atoms with Gasteiger partial charge in [-0.05, 0) is 13.8 Å². The van der Waals surface area contributed by atoms with Crippen molar-refractivity contribution in [1.82, 2.24) is 23.1 Å². The van der Waals surface area contributed by atoms with Crippen LogP contribution >= 0.6 is 0 Å². The Kier molecular flexibility index (Phi) is 4.90. The zero-order chi connectivity index (χ0) is 21.6. The van der Waals surface area contributed by atoms with Crippen LogP contribution in [0.4, 0.5) is 0 Å². The minimum atomic E-state index is -0.574. The van der Waals surface area contributed by atoms with Crippen molar-refractivity contribution >= 4 is 22.7 Å². The largest absolute Gasteiger partial charge is 0.383 e. The number of rotatable bonds is 6. The number of methoxy groups -OCH3 is 1. The predicted octanol–water partition coefficient (Wildman–Crippen LogP) is 1.30. The summed E-state index contributed by atoms with van der Waals surface area (Å²) in [5.41, 5.74) is 1.72. The van der Waals surface area contributed by atoms with Gasteiger partial charge in [-0.2, -0.15) is 4.98 Å². The van der Waals surface area contributed by atoms with Gasteiger partial charge in [0.15, 0.2) is 16.9 Å². The van der Waals surface area contributed by atoms with E-state index >= 15 is 0 Å². The van der Waals surface area contributed by atoms with Crippen LogP contribution in [0.2, 0.25) is 0 Å². The molecule has 0 saturated heterocycles. The van der Waals surface area contributed by atoms with Gasteiger partial charge in [0.1, 0.15) is 0 Å². The van der Waals surface area contributed by atoms with Gasteiger partial charge in [-0.3, -0.25) is 23.1 Å². The fourth-order valence-corrected chi connectivity index (χ4v) is 3.76. The Morgan fingerprint density at radius 3 is 2.43 bits per heavy atom. The first-order valence-electron chi connectivity index (χ1n) is 9.61. The molecule has 9 heteroatoms. The molecule has 9 nitrogen and oxygen atoms in total. The molecule has 0 bridgehead atoms. The number of carbonyl (C=O) groups is 1. The van der Waals surface area contributed by atoms with E-state index < -0.39 is 11.2 Å². The smallest absolute Gasteiger partial charge is 0.332 e. The summed E-state index contributed by atoms with van der Waals surface area (Å²) in [5.74, 6) is 0.261. The fourth-order valence-electron chi connectivity index (χ4n) is 3.76. The molecule has 0 spiro atoms. The van der Waals surface area contributed by atoms with Gasteiger partial charge in [-0.1, -0.05) is 30.3 Å². The van der Waals surface area contributed by atoms with Crippen molar-refractivity contribution in [3.63, 3.8) is 0 Å². The van der Waals surface area contributed by atoms with Crippen molar-refractivity contribution in [2.45, 2.75) is 26.9 Å². The summed E-state index contributed by atoms with van der Waals surface area (Å²) in [6.45, 7) is 4.57. The molecule has 0 radical (unpaired) electrons. The first kappa shape index (κ1) is 19.8. The third kappa shape index (κ3) is 2.89. The maximum Gasteiger partial charge on any atom is 0.332 e. The number of nitrogens with zero attached hydrogens (tertiary/aromatic N) is 5. The number of hydrogen-bond donors (Lipinski definition) is 0. The van der Waals surface area contributed by atoms with Crippen molar-refractivity contribution in [2.75, 3.05) is 13.7 Å². The number of ether oxygens (including phenoxy) is 1. The minimum Gasteiger partial charge on any atom is -0.383 e. The summed E-state index contributed by atoms with van der Waals surface area (Å²) in [6, 6.07) is 8.61. The molecule has 0 aliphatic rings. The van der Waals surface area contributed by atoms with Crippen molar-refractivity contribution in [3.05, 3.63) is 68.1 Å². The van der Waals surface area contributed by atoms with E-state index in [1.807, 2.05) is 18.4 Å². The van der Waals surface area contributed by atoms with Gasteiger partial charge < -0.3 is 9.30 Å². The average molecular weight is 409 g/mol. The van der Waals surface area contributed by atoms with Crippen LogP contribution in [-0.4, -0.2) is 42.6 Å². The van der Waals surface area contributed by atoms with Crippen LogP contribution in [0.15, 0.2) is 39.9 Å². The zero-order valence-electron chi connectivity index (χ0n) is 17.4.